The smallest absolute Gasteiger partial charge is 0.0505 e. The highest BCUT2D eigenvalue weighted by Crippen LogP contribution is 2.26. The van der Waals surface area contributed by atoms with Crippen molar-refractivity contribution in [1.29, 1.82) is 0 Å². The third-order valence-electron chi connectivity index (χ3n) is 2.99. The van der Waals surface area contributed by atoms with Crippen LogP contribution in [0.25, 0.3) is 0 Å². The van der Waals surface area contributed by atoms with Gasteiger partial charge in [-0.1, -0.05) is 0 Å². The SMILES string of the molecule is CC(N)C(c1ccsc1)N1CCS(=O)CC1. The van der Waals surface area contributed by atoms with Crippen LogP contribution in [0.4, 0.5) is 0 Å². The van der Waals surface area contributed by atoms with E-state index in [2.05, 4.69) is 21.7 Å². The molecule has 1 saturated heterocycles. The molecule has 2 atom stereocenters. The molecule has 0 aromatic carbocycles. The number of nitrogens with zero attached hydrogens (tertiary/aromatic N) is 1. The maximum absolute atomic E-state index is 11.3. The molecule has 16 heavy (non-hydrogen) atoms. The van der Waals surface area contributed by atoms with Gasteiger partial charge in [0.2, 0.25) is 0 Å². The molecule has 0 saturated carbocycles. The lowest BCUT2D eigenvalue weighted by atomic mass is 10.0. The molecule has 1 aliphatic heterocycles. The molecule has 3 nitrogen and oxygen atoms in total. The van der Waals surface area contributed by atoms with Gasteiger partial charge in [-0.05, 0) is 29.3 Å². The predicted molar refractivity (Wildman–Crippen MR) is 70.2 cm³/mol. The first kappa shape index (κ1) is 12.2. The van der Waals surface area contributed by atoms with Gasteiger partial charge in [0.25, 0.3) is 0 Å². The molecule has 2 rings (SSSR count). The fourth-order valence-electron chi connectivity index (χ4n) is 2.22. The summed E-state index contributed by atoms with van der Waals surface area (Å²) in [7, 11) is -0.617. The summed E-state index contributed by atoms with van der Waals surface area (Å²) in [5, 5.41) is 4.26. The zero-order valence-electron chi connectivity index (χ0n) is 9.46. The van der Waals surface area contributed by atoms with Crippen LogP contribution in [0.5, 0.6) is 0 Å². The largest absolute Gasteiger partial charge is 0.326 e. The topological polar surface area (TPSA) is 46.3 Å². The van der Waals surface area contributed by atoms with Crippen molar-refractivity contribution in [2.24, 2.45) is 5.73 Å². The molecule has 2 unspecified atom stereocenters. The summed E-state index contributed by atoms with van der Waals surface area (Å²) in [5.74, 6) is 1.57. The number of hydrogen-bond acceptors (Lipinski definition) is 4. The zero-order chi connectivity index (χ0) is 11.5. The molecular formula is C11H18N2OS2. The van der Waals surface area contributed by atoms with Crippen molar-refractivity contribution in [3.05, 3.63) is 22.4 Å². The first-order valence-electron chi connectivity index (χ1n) is 5.55. The monoisotopic (exact) mass is 258 g/mol. The molecule has 2 N–H and O–H groups in total. The third kappa shape index (κ3) is 2.71. The van der Waals surface area contributed by atoms with E-state index in [-0.39, 0.29) is 12.1 Å². The molecular weight excluding hydrogens is 240 g/mol. The van der Waals surface area contributed by atoms with E-state index in [1.807, 2.05) is 6.92 Å². The predicted octanol–water partition coefficient (Wildman–Crippen LogP) is 1.20. The second-order valence-corrected chi connectivity index (χ2v) is 6.72. The second kappa shape index (κ2) is 5.40. The summed E-state index contributed by atoms with van der Waals surface area (Å²) in [4.78, 5) is 2.37. The van der Waals surface area contributed by atoms with Gasteiger partial charge < -0.3 is 5.73 Å². The molecule has 0 radical (unpaired) electrons. The highest BCUT2D eigenvalue weighted by molar-refractivity contribution is 7.85. The van der Waals surface area contributed by atoms with Gasteiger partial charge in [0.1, 0.15) is 0 Å². The molecule has 1 fully saturated rings. The van der Waals surface area contributed by atoms with Crippen LogP contribution in [-0.2, 0) is 10.8 Å². The Morgan fingerprint density at radius 1 is 1.50 bits per heavy atom. The van der Waals surface area contributed by atoms with Crippen molar-refractivity contribution < 1.29 is 4.21 Å². The van der Waals surface area contributed by atoms with E-state index in [1.165, 1.54) is 5.56 Å². The van der Waals surface area contributed by atoms with E-state index in [9.17, 15) is 4.21 Å². The van der Waals surface area contributed by atoms with E-state index in [0.717, 1.165) is 24.6 Å². The Morgan fingerprint density at radius 3 is 2.69 bits per heavy atom. The Kier molecular flexibility index (Phi) is 4.13. The van der Waals surface area contributed by atoms with E-state index >= 15 is 0 Å². The fraction of sp³-hybridized carbons (Fsp3) is 0.636. The number of rotatable bonds is 3. The van der Waals surface area contributed by atoms with Crippen molar-refractivity contribution in [3.8, 4) is 0 Å². The number of thiophene rings is 1. The van der Waals surface area contributed by atoms with Crippen LogP contribution in [0.3, 0.4) is 0 Å². The van der Waals surface area contributed by atoms with Gasteiger partial charge in [-0.2, -0.15) is 11.3 Å². The molecule has 1 aromatic rings. The van der Waals surface area contributed by atoms with Crippen LogP contribution in [0.15, 0.2) is 16.8 Å². The normalized spacial score (nSPS) is 23.1. The van der Waals surface area contributed by atoms with Crippen LogP contribution in [0.2, 0.25) is 0 Å². The van der Waals surface area contributed by atoms with E-state index in [4.69, 9.17) is 5.73 Å². The minimum Gasteiger partial charge on any atom is -0.326 e. The molecule has 0 amide bonds. The van der Waals surface area contributed by atoms with Gasteiger partial charge in [0, 0.05) is 41.4 Å². The average Bonchev–Trinajstić information content (AvgIpc) is 2.74. The lowest BCUT2D eigenvalue weighted by molar-refractivity contribution is 0.193. The Labute approximate surface area is 103 Å². The maximum Gasteiger partial charge on any atom is 0.0505 e. The fourth-order valence-corrected chi connectivity index (χ4v) is 3.99. The first-order valence-corrected chi connectivity index (χ1v) is 7.98. The minimum atomic E-state index is -0.617. The van der Waals surface area contributed by atoms with Gasteiger partial charge in [-0.25, -0.2) is 0 Å². The Bertz CT molecular complexity index is 341. The van der Waals surface area contributed by atoms with Crippen molar-refractivity contribution in [2.45, 2.75) is 19.0 Å². The minimum absolute atomic E-state index is 0.112. The maximum atomic E-state index is 11.3. The van der Waals surface area contributed by atoms with Crippen LogP contribution >= 0.6 is 11.3 Å². The second-order valence-electron chi connectivity index (χ2n) is 4.24. The highest BCUT2D eigenvalue weighted by atomic mass is 32.2. The Morgan fingerprint density at radius 2 is 2.19 bits per heavy atom. The lowest BCUT2D eigenvalue weighted by Crippen LogP contribution is -2.45. The van der Waals surface area contributed by atoms with Gasteiger partial charge in [0.15, 0.2) is 0 Å². The van der Waals surface area contributed by atoms with Crippen LogP contribution in [-0.4, -0.2) is 39.7 Å². The van der Waals surface area contributed by atoms with Crippen molar-refractivity contribution in [2.75, 3.05) is 24.6 Å². The highest BCUT2D eigenvalue weighted by Gasteiger charge is 2.27. The standard InChI is InChI=1S/C11H18N2OS2/c1-9(12)11(10-2-5-15-8-10)13-3-6-16(14)7-4-13/h2,5,8-9,11H,3-4,6-7,12H2,1H3. The van der Waals surface area contributed by atoms with Crippen LogP contribution in [0.1, 0.15) is 18.5 Å². The van der Waals surface area contributed by atoms with Gasteiger partial charge >= 0.3 is 0 Å². The number of nitrogens with two attached hydrogens (primary N) is 1. The third-order valence-corrected chi connectivity index (χ3v) is 4.97. The van der Waals surface area contributed by atoms with E-state index in [0.29, 0.717) is 0 Å². The summed E-state index contributed by atoms with van der Waals surface area (Å²) in [6.07, 6.45) is 0. The summed E-state index contributed by atoms with van der Waals surface area (Å²) >= 11 is 1.71. The molecule has 0 bridgehead atoms. The zero-order valence-corrected chi connectivity index (χ0v) is 11.1. The molecule has 5 heteroatoms. The van der Waals surface area contributed by atoms with Gasteiger partial charge in [-0.3, -0.25) is 9.11 Å². The Balaban J connectivity index is 2.11. The molecule has 0 aliphatic carbocycles. The quantitative estimate of drug-likeness (QED) is 0.886. The molecule has 1 aliphatic rings. The first-order chi connectivity index (χ1) is 7.68. The molecule has 2 heterocycles. The lowest BCUT2D eigenvalue weighted by Gasteiger charge is -2.36. The summed E-state index contributed by atoms with van der Waals surface area (Å²) in [6, 6.07) is 2.54. The number of hydrogen-bond donors (Lipinski definition) is 1. The van der Waals surface area contributed by atoms with Gasteiger partial charge in [-0.15, -0.1) is 0 Å². The van der Waals surface area contributed by atoms with E-state index < -0.39 is 10.8 Å². The molecule has 90 valence electrons. The van der Waals surface area contributed by atoms with E-state index in [1.54, 1.807) is 11.3 Å². The summed E-state index contributed by atoms with van der Waals surface area (Å²) in [5.41, 5.74) is 7.38. The van der Waals surface area contributed by atoms with Crippen molar-refractivity contribution >= 4 is 22.1 Å². The van der Waals surface area contributed by atoms with Crippen molar-refractivity contribution in [1.82, 2.24) is 4.90 Å². The van der Waals surface area contributed by atoms with Crippen LogP contribution in [0, 0.1) is 0 Å². The summed E-state index contributed by atoms with van der Waals surface area (Å²) in [6.45, 7) is 3.84. The van der Waals surface area contributed by atoms with Gasteiger partial charge in [0.05, 0.1) is 6.04 Å². The Hall–Kier alpha value is -0.230. The molecule has 1 aromatic heterocycles. The van der Waals surface area contributed by atoms with Crippen molar-refractivity contribution in [3.63, 3.8) is 0 Å². The molecule has 0 spiro atoms. The average molecular weight is 258 g/mol. The van der Waals surface area contributed by atoms with Crippen LogP contribution < -0.4 is 5.73 Å². The summed E-state index contributed by atoms with van der Waals surface area (Å²) < 4.78 is 11.3.